The first-order valence-electron chi connectivity index (χ1n) is 14.1. The minimum Gasteiger partial charge on any atom is -0.433 e. The maximum atomic E-state index is 13.4. The fourth-order valence-electron chi connectivity index (χ4n) is 5.71. The molecule has 0 saturated carbocycles. The van der Waals surface area contributed by atoms with E-state index in [0.29, 0.717) is 40.2 Å². The molecule has 13 heteroatoms. The lowest BCUT2D eigenvalue weighted by atomic mass is 9.98. The number of hydrogen-bond acceptors (Lipinski definition) is 10. The molecular formula is C29H38F2N8O2S. The number of aryl methyl sites for hydroxylation is 1. The van der Waals surface area contributed by atoms with Gasteiger partial charge in [-0.3, -0.25) is 14.6 Å². The van der Waals surface area contributed by atoms with Crippen molar-refractivity contribution in [1.82, 2.24) is 19.8 Å². The summed E-state index contributed by atoms with van der Waals surface area (Å²) in [5.41, 5.74) is 7.87. The van der Waals surface area contributed by atoms with E-state index < -0.39 is 12.5 Å². The van der Waals surface area contributed by atoms with Crippen LogP contribution in [0.15, 0.2) is 35.8 Å². The Hall–Kier alpha value is -3.55. The first-order chi connectivity index (χ1) is 20.1. The van der Waals surface area contributed by atoms with Crippen LogP contribution in [0.1, 0.15) is 41.9 Å². The highest BCUT2D eigenvalue weighted by Gasteiger charge is 2.32. The van der Waals surface area contributed by atoms with Crippen molar-refractivity contribution in [3.8, 4) is 5.75 Å². The lowest BCUT2D eigenvalue weighted by Crippen LogP contribution is -2.59. The standard InChI is InChI=1S/C29H38F2N8O2S/c1-17-14-33-29(36-27(17)34-23-9-12-42-25(23)26(32)40)35-22-6-5-21(13-24(22)41-28(30)31)38-10-7-20(8-11-38)39-15-18(2)37(4)19(3)16-39/h5-6,9,12-14,18-20,28H,7-8,10-11,15-16H2,1-4H3,(H2,32,40)(H2,33,34,35,36)/t18-,19+. The third-order valence-electron chi connectivity index (χ3n) is 8.28. The Balaban J connectivity index is 1.29. The number of nitrogens with one attached hydrogen (secondary N) is 2. The fourth-order valence-corrected chi connectivity index (χ4v) is 6.41. The monoisotopic (exact) mass is 600 g/mol. The Morgan fingerprint density at radius 3 is 2.50 bits per heavy atom. The number of hydrogen-bond donors (Lipinski definition) is 3. The van der Waals surface area contributed by atoms with Gasteiger partial charge in [-0.05, 0) is 64.2 Å². The first-order valence-corrected chi connectivity index (χ1v) is 15.0. The number of ether oxygens (including phenoxy) is 1. The molecule has 0 bridgehead atoms. The maximum Gasteiger partial charge on any atom is 0.387 e. The number of nitrogens with two attached hydrogens (primary N) is 1. The van der Waals surface area contributed by atoms with Crippen molar-refractivity contribution >= 4 is 46.1 Å². The Bertz CT molecular complexity index is 1390. The van der Waals surface area contributed by atoms with Crippen molar-refractivity contribution in [2.75, 3.05) is 48.8 Å². The van der Waals surface area contributed by atoms with E-state index in [2.05, 4.69) is 56.2 Å². The lowest BCUT2D eigenvalue weighted by Gasteiger charge is -2.47. The number of amides is 1. The van der Waals surface area contributed by atoms with Gasteiger partial charge >= 0.3 is 6.61 Å². The number of aromatic nitrogens is 2. The van der Waals surface area contributed by atoms with Gasteiger partial charge in [0.15, 0.2) is 5.75 Å². The van der Waals surface area contributed by atoms with Crippen molar-refractivity contribution in [3.63, 3.8) is 0 Å². The topological polar surface area (TPSA) is 112 Å². The number of halogens is 2. The molecule has 2 aliphatic heterocycles. The fraction of sp³-hybridized carbons (Fsp3) is 0.483. The molecule has 5 rings (SSSR count). The Morgan fingerprint density at radius 1 is 1.12 bits per heavy atom. The summed E-state index contributed by atoms with van der Waals surface area (Å²) in [6.45, 7) is 7.19. The summed E-state index contributed by atoms with van der Waals surface area (Å²) >= 11 is 1.23. The molecule has 2 aromatic heterocycles. The molecule has 0 spiro atoms. The number of rotatable bonds is 9. The highest BCUT2D eigenvalue weighted by atomic mass is 32.1. The smallest absolute Gasteiger partial charge is 0.387 e. The van der Waals surface area contributed by atoms with Crippen LogP contribution in [0.3, 0.4) is 0 Å². The molecule has 2 atom stereocenters. The highest BCUT2D eigenvalue weighted by Crippen LogP contribution is 2.35. The molecule has 1 aromatic carbocycles. The molecule has 2 aliphatic rings. The molecule has 2 saturated heterocycles. The number of benzene rings is 1. The number of piperazine rings is 1. The van der Waals surface area contributed by atoms with Crippen molar-refractivity contribution < 1.29 is 18.3 Å². The molecule has 0 aliphatic carbocycles. The van der Waals surface area contributed by atoms with Crippen molar-refractivity contribution in [3.05, 3.63) is 46.3 Å². The van der Waals surface area contributed by atoms with E-state index in [1.807, 2.05) is 13.0 Å². The molecule has 226 valence electrons. The second-order valence-electron chi connectivity index (χ2n) is 11.1. The van der Waals surface area contributed by atoms with Gasteiger partial charge in [0.2, 0.25) is 5.95 Å². The van der Waals surface area contributed by atoms with Crippen LogP contribution >= 0.6 is 11.3 Å². The third kappa shape index (κ3) is 6.74. The molecule has 1 amide bonds. The van der Waals surface area contributed by atoms with E-state index in [9.17, 15) is 13.6 Å². The zero-order valence-electron chi connectivity index (χ0n) is 24.3. The molecule has 0 unspecified atom stereocenters. The maximum absolute atomic E-state index is 13.4. The summed E-state index contributed by atoms with van der Waals surface area (Å²) in [5.74, 6) is 0.105. The van der Waals surface area contributed by atoms with Crippen LogP contribution < -0.4 is 26.0 Å². The van der Waals surface area contributed by atoms with E-state index in [1.54, 1.807) is 29.8 Å². The zero-order chi connectivity index (χ0) is 30.0. The molecular weight excluding hydrogens is 562 g/mol. The molecule has 4 N–H and O–H groups in total. The quantitative estimate of drug-likeness (QED) is 0.312. The summed E-state index contributed by atoms with van der Waals surface area (Å²) in [5, 5.41) is 7.89. The SMILES string of the molecule is Cc1cnc(Nc2ccc(N3CCC(N4C[C@@H](C)N(C)[C@@H](C)C4)CC3)cc2OC(F)F)nc1Nc1ccsc1C(N)=O. The van der Waals surface area contributed by atoms with Crippen LogP contribution in [0, 0.1) is 6.92 Å². The van der Waals surface area contributed by atoms with E-state index in [1.165, 1.54) is 11.3 Å². The van der Waals surface area contributed by atoms with Crippen molar-refractivity contribution in [2.45, 2.75) is 58.3 Å². The van der Waals surface area contributed by atoms with E-state index >= 15 is 0 Å². The number of nitrogens with zero attached hydrogens (tertiary/aromatic N) is 5. The Kier molecular flexibility index (Phi) is 9.09. The number of carbonyl (C=O) groups is 1. The second kappa shape index (κ2) is 12.8. The van der Waals surface area contributed by atoms with Gasteiger partial charge < -0.3 is 26.0 Å². The first kappa shape index (κ1) is 29.9. The Labute approximate surface area is 248 Å². The Morgan fingerprint density at radius 2 is 1.83 bits per heavy atom. The van der Waals surface area contributed by atoms with Crippen LogP contribution in [-0.4, -0.2) is 83.6 Å². The van der Waals surface area contributed by atoms with Gasteiger partial charge in [0.25, 0.3) is 5.91 Å². The molecule has 3 aromatic rings. The predicted octanol–water partition coefficient (Wildman–Crippen LogP) is 5.03. The minimum atomic E-state index is -2.99. The van der Waals surface area contributed by atoms with Crippen molar-refractivity contribution in [1.29, 1.82) is 0 Å². The van der Waals surface area contributed by atoms with Crippen LogP contribution in [-0.2, 0) is 0 Å². The number of piperidine rings is 1. The number of thiophene rings is 1. The van der Waals surface area contributed by atoms with Gasteiger partial charge in [0.1, 0.15) is 10.7 Å². The summed E-state index contributed by atoms with van der Waals surface area (Å²) in [6.07, 6.45) is 3.63. The zero-order valence-corrected chi connectivity index (χ0v) is 25.1. The molecule has 2 fully saturated rings. The highest BCUT2D eigenvalue weighted by molar-refractivity contribution is 7.12. The lowest BCUT2D eigenvalue weighted by molar-refractivity contribution is -0.0493. The molecule has 42 heavy (non-hydrogen) atoms. The van der Waals surface area contributed by atoms with Gasteiger partial charge in [0.05, 0.1) is 11.4 Å². The number of carbonyl (C=O) groups excluding carboxylic acids is 1. The van der Waals surface area contributed by atoms with Gasteiger partial charge in [-0.1, -0.05) is 0 Å². The van der Waals surface area contributed by atoms with Gasteiger partial charge in [-0.25, -0.2) is 4.98 Å². The number of alkyl halides is 2. The van der Waals surface area contributed by atoms with Gasteiger partial charge in [0, 0.05) is 67.8 Å². The van der Waals surface area contributed by atoms with E-state index in [4.69, 9.17) is 10.5 Å². The van der Waals surface area contributed by atoms with E-state index in [-0.39, 0.29) is 11.7 Å². The molecule has 4 heterocycles. The molecule has 0 radical (unpaired) electrons. The summed E-state index contributed by atoms with van der Waals surface area (Å²) in [6, 6.07) is 8.56. The van der Waals surface area contributed by atoms with Crippen LogP contribution in [0.25, 0.3) is 0 Å². The van der Waals surface area contributed by atoms with Crippen LogP contribution in [0.2, 0.25) is 0 Å². The predicted molar refractivity (Wildman–Crippen MR) is 163 cm³/mol. The van der Waals surface area contributed by atoms with E-state index in [0.717, 1.165) is 50.3 Å². The second-order valence-corrected chi connectivity index (χ2v) is 12.0. The summed E-state index contributed by atoms with van der Waals surface area (Å²) < 4.78 is 31.8. The van der Waals surface area contributed by atoms with Crippen LogP contribution in [0.4, 0.5) is 37.6 Å². The normalized spacial score (nSPS) is 20.6. The van der Waals surface area contributed by atoms with Crippen LogP contribution in [0.5, 0.6) is 5.75 Å². The van der Waals surface area contributed by atoms with Gasteiger partial charge in [-0.2, -0.15) is 13.8 Å². The van der Waals surface area contributed by atoms with Crippen molar-refractivity contribution in [2.24, 2.45) is 5.73 Å². The minimum absolute atomic E-state index is 0.0128. The largest absolute Gasteiger partial charge is 0.433 e. The number of primary amides is 1. The third-order valence-corrected chi connectivity index (χ3v) is 9.20. The summed E-state index contributed by atoms with van der Waals surface area (Å²) in [7, 11) is 2.19. The van der Waals surface area contributed by atoms with Gasteiger partial charge in [-0.15, -0.1) is 11.3 Å². The molecule has 10 nitrogen and oxygen atoms in total. The summed E-state index contributed by atoms with van der Waals surface area (Å²) in [4.78, 5) is 28.2. The number of likely N-dealkylation sites (N-methyl/N-ethyl adjacent to an activating group) is 1. The average Bonchev–Trinajstić information content (AvgIpc) is 3.42. The number of anilines is 5. The average molecular weight is 601 g/mol.